The summed E-state index contributed by atoms with van der Waals surface area (Å²) in [4.78, 5) is 2.43. The second-order valence-corrected chi connectivity index (χ2v) is 6.42. The van der Waals surface area contributed by atoms with Crippen LogP contribution in [-0.4, -0.2) is 36.3 Å². The SMILES string of the molecule is COc1ccccc1-c1ccc(CN2CCC(C(C)O)C2)cc1. The van der Waals surface area contributed by atoms with Crippen molar-refractivity contribution in [2.75, 3.05) is 20.2 Å². The highest BCUT2D eigenvalue weighted by molar-refractivity contribution is 5.70. The maximum absolute atomic E-state index is 9.71. The lowest BCUT2D eigenvalue weighted by Gasteiger charge is -2.17. The molecule has 0 radical (unpaired) electrons. The fourth-order valence-electron chi connectivity index (χ4n) is 3.33. The van der Waals surface area contributed by atoms with Crippen molar-refractivity contribution < 1.29 is 9.84 Å². The molecule has 1 aliphatic heterocycles. The number of ether oxygens (including phenoxy) is 1. The number of rotatable bonds is 5. The van der Waals surface area contributed by atoms with E-state index < -0.39 is 0 Å². The number of hydrogen-bond donors (Lipinski definition) is 1. The normalized spacial score (nSPS) is 19.7. The maximum atomic E-state index is 9.71. The van der Waals surface area contributed by atoms with Gasteiger partial charge in [0, 0.05) is 18.7 Å². The van der Waals surface area contributed by atoms with E-state index in [4.69, 9.17) is 4.74 Å². The van der Waals surface area contributed by atoms with Crippen molar-refractivity contribution in [3.63, 3.8) is 0 Å². The lowest BCUT2D eigenvalue weighted by molar-refractivity contribution is 0.127. The van der Waals surface area contributed by atoms with Crippen LogP contribution >= 0.6 is 0 Å². The summed E-state index contributed by atoms with van der Waals surface area (Å²) in [5, 5.41) is 9.71. The van der Waals surface area contributed by atoms with Gasteiger partial charge in [0.15, 0.2) is 0 Å². The van der Waals surface area contributed by atoms with E-state index in [0.717, 1.165) is 37.4 Å². The zero-order valence-electron chi connectivity index (χ0n) is 13.9. The molecule has 2 aromatic rings. The number of para-hydroxylation sites is 1. The Morgan fingerprint density at radius 2 is 1.91 bits per heavy atom. The Bertz CT molecular complexity index is 636. The van der Waals surface area contributed by atoms with Crippen LogP contribution in [0.3, 0.4) is 0 Å². The molecule has 3 rings (SSSR count). The smallest absolute Gasteiger partial charge is 0.126 e. The minimum atomic E-state index is -0.201. The average Bonchev–Trinajstić information content (AvgIpc) is 3.04. The molecule has 0 aromatic heterocycles. The Labute approximate surface area is 138 Å². The zero-order chi connectivity index (χ0) is 16.2. The number of hydrogen-bond acceptors (Lipinski definition) is 3. The first-order chi connectivity index (χ1) is 11.2. The Kier molecular flexibility index (Phi) is 4.99. The molecule has 1 N–H and O–H groups in total. The highest BCUT2D eigenvalue weighted by Gasteiger charge is 2.25. The van der Waals surface area contributed by atoms with Gasteiger partial charge in [-0.25, -0.2) is 0 Å². The van der Waals surface area contributed by atoms with Crippen LogP contribution in [0, 0.1) is 5.92 Å². The largest absolute Gasteiger partial charge is 0.496 e. The van der Waals surface area contributed by atoms with Gasteiger partial charge in [-0.2, -0.15) is 0 Å². The van der Waals surface area contributed by atoms with Crippen molar-refractivity contribution in [3.8, 4) is 16.9 Å². The second kappa shape index (κ2) is 7.16. The number of methoxy groups -OCH3 is 1. The predicted molar refractivity (Wildman–Crippen MR) is 93.5 cm³/mol. The number of benzene rings is 2. The van der Waals surface area contributed by atoms with Gasteiger partial charge in [-0.15, -0.1) is 0 Å². The number of nitrogens with zero attached hydrogens (tertiary/aromatic N) is 1. The van der Waals surface area contributed by atoms with Gasteiger partial charge in [0.25, 0.3) is 0 Å². The lowest BCUT2D eigenvalue weighted by atomic mass is 10.0. The summed E-state index contributed by atoms with van der Waals surface area (Å²) in [5.41, 5.74) is 3.61. The monoisotopic (exact) mass is 311 g/mol. The van der Waals surface area contributed by atoms with E-state index in [1.54, 1.807) is 7.11 Å². The molecule has 2 atom stereocenters. The molecule has 1 aliphatic rings. The summed E-state index contributed by atoms with van der Waals surface area (Å²) in [6.45, 7) is 4.92. The van der Waals surface area contributed by atoms with Gasteiger partial charge < -0.3 is 9.84 Å². The van der Waals surface area contributed by atoms with Crippen LogP contribution in [-0.2, 0) is 6.54 Å². The van der Waals surface area contributed by atoms with Gasteiger partial charge in [0.1, 0.15) is 5.75 Å². The molecule has 3 nitrogen and oxygen atoms in total. The fraction of sp³-hybridized carbons (Fsp3) is 0.400. The highest BCUT2D eigenvalue weighted by atomic mass is 16.5. The van der Waals surface area contributed by atoms with Crippen LogP contribution in [0.2, 0.25) is 0 Å². The summed E-state index contributed by atoms with van der Waals surface area (Å²) in [7, 11) is 1.71. The van der Waals surface area contributed by atoms with Crippen molar-refractivity contribution >= 4 is 0 Å². The molecule has 0 saturated carbocycles. The van der Waals surface area contributed by atoms with Crippen molar-refractivity contribution in [1.82, 2.24) is 4.90 Å². The first-order valence-corrected chi connectivity index (χ1v) is 8.30. The van der Waals surface area contributed by atoms with Gasteiger partial charge in [-0.05, 0) is 43.0 Å². The third-order valence-electron chi connectivity index (χ3n) is 4.77. The maximum Gasteiger partial charge on any atom is 0.126 e. The summed E-state index contributed by atoms with van der Waals surface area (Å²) in [5.74, 6) is 1.32. The van der Waals surface area contributed by atoms with Crippen molar-refractivity contribution in [2.24, 2.45) is 5.92 Å². The molecule has 122 valence electrons. The fourth-order valence-corrected chi connectivity index (χ4v) is 3.33. The van der Waals surface area contributed by atoms with E-state index in [1.807, 2.05) is 25.1 Å². The minimum Gasteiger partial charge on any atom is -0.496 e. The van der Waals surface area contributed by atoms with Crippen LogP contribution in [0.5, 0.6) is 5.75 Å². The number of aliphatic hydroxyl groups excluding tert-OH is 1. The first-order valence-electron chi connectivity index (χ1n) is 8.30. The van der Waals surface area contributed by atoms with E-state index in [9.17, 15) is 5.11 Å². The van der Waals surface area contributed by atoms with Crippen LogP contribution in [0.1, 0.15) is 18.9 Å². The molecular weight excluding hydrogens is 286 g/mol. The van der Waals surface area contributed by atoms with Gasteiger partial charge in [-0.1, -0.05) is 42.5 Å². The third-order valence-corrected chi connectivity index (χ3v) is 4.77. The van der Waals surface area contributed by atoms with E-state index in [1.165, 1.54) is 11.1 Å². The Balaban J connectivity index is 1.68. The minimum absolute atomic E-state index is 0.201. The first kappa shape index (κ1) is 16.0. The van der Waals surface area contributed by atoms with Gasteiger partial charge >= 0.3 is 0 Å². The topological polar surface area (TPSA) is 32.7 Å². The van der Waals surface area contributed by atoms with Crippen molar-refractivity contribution in [1.29, 1.82) is 0 Å². The third kappa shape index (κ3) is 3.74. The quantitative estimate of drug-likeness (QED) is 0.916. The molecule has 0 amide bonds. The van der Waals surface area contributed by atoms with Crippen molar-refractivity contribution in [2.45, 2.75) is 26.0 Å². The number of likely N-dealkylation sites (tertiary alicyclic amines) is 1. The Hall–Kier alpha value is -1.84. The summed E-state index contributed by atoms with van der Waals surface area (Å²) < 4.78 is 5.44. The van der Waals surface area contributed by atoms with Gasteiger partial charge in [0.05, 0.1) is 13.2 Å². The molecule has 2 aromatic carbocycles. The molecule has 1 saturated heterocycles. The lowest BCUT2D eigenvalue weighted by Crippen LogP contribution is -2.23. The molecular formula is C20H25NO2. The molecule has 3 heteroatoms. The van der Waals surface area contributed by atoms with Crippen LogP contribution in [0.25, 0.3) is 11.1 Å². The van der Waals surface area contributed by atoms with E-state index >= 15 is 0 Å². The summed E-state index contributed by atoms with van der Waals surface area (Å²) in [6, 6.07) is 16.8. The second-order valence-electron chi connectivity index (χ2n) is 6.42. The molecule has 0 spiro atoms. The molecule has 2 unspecified atom stereocenters. The summed E-state index contributed by atoms with van der Waals surface area (Å²) in [6.07, 6.45) is 0.893. The summed E-state index contributed by atoms with van der Waals surface area (Å²) >= 11 is 0. The highest BCUT2D eigenvalue weighted by Crippen LogP contribution is 2.30. The molecule has 1 heterocycles. The standard InChI is InChI=1S/C20H25NO2/c1-15(22)18-11-12-21(14-18)13-16-7-9-17(10-8-16)19-5-3-4-6-20(19)23-2/h3-10,15,18,22H,11-14H2,1-2H3. The van der Waals surface area contributed by atoms with E-state index in [-0.39, 0.29) is 6.10 Å². The van der Waals surface area contributed by atoms with Gasteiger partial charge in [-0.3, -0.25) is 4.90 Å². The Morgan fingerprint density at radius 1 is 1.17 bits per heavy atom. The predicted octanol–water partition coefficient (Wildman–Crippen LogP) is 3.56. The van der Waals surface area contributed by atoms with Crippen LogP contribution < -0.4 is 4.74 Å². The van der Waals surface area contributed by atoms with Crippen LogP contribution in [0.4, 0.5) is 0 Å². The van der Waals surface area contributed by atoms with Crippen LogP contribution in [0.15, 0.2) is 48.5 Å². The Morgan fingerprint density at radius 3 is 2.57 bits per heavy atom. The van der Waals surface area contributed by atoms with Gasteiger partial charge in [0.2, 0.25) is 0 Å². The zero-order valence-corrected chi connectivity index (χ0v) is 13.9. The van der Waals surface area contributed by atoms with Crippen molar-refractivity contribution in [3.05, 3.63) is 54.1 Å². The molecule has 23 heavy (non-hydrogen) atoms. The molecule has 1 fully saturated rings. The van der Waals surface area contributed by atoms with E-state index in [0.29, 0.717) is 5.92 Å². The number of aliphatic hydroxyl groups is 1. The van der Waals surface area contributed by atoms with E-state index in [2.05, 4.69) is 35.2 Å². The molecule has 0 aliphatic carbocycles. The average molecular weight is 311 g/mol. The molecule has 0 bridgehead atoms.